The Kier molecular flexibility index (Phi) is 4.66. The predicted molar refractivity (Wildman–Crippen MR) is 81.5 cm³/mol. The summed E-state index contributed by atoms with van der Waals surface area (Å²) in [7, 11) is 1.18. The van der Waals surface area contributed by atoms with Crippen LogP contribution in [0.15, 0.2) is 21.9 Å². The van der Waals surface area contributed by atoms with Gasteiger partial charge in [0.25, 0.3) is 5.56 Å². The van der Waals surface area contributed by atoms with Crippen LogP contribution in [-0.2, 0) is 19.1 Å². The number of esters is 1. The van der Waals surface area contributed by atoms with Gasteiger partial charge in [0, 0.05) is 18.7 Å². The maximum absolute atomic E-state index is 12.5. The first kappa shape index (κ1) is 17.9. The summed E-state index contributed by atoms with van der Waals surface area (Å²) in [4.78, 5) is 49.7. The van der Waals surface area contributed by atoms with Crippen LogP contribution in [0.1, 0.15) is 39.3 Å². The van der Waals surface area contributed by atoms with Crippen molar-refractivity contribution in [1.29, 1.82) is 0 Å². The number of carbonyl (C=O) groups excluding carboxylic acids is 1. The van der Waals surface area contributed by atoms with Crippen molar-refractivity contribution in [3.8, 4) is 0 Å². The average molecular weight is 340 g/mol. The number of carbonyl (C=O) groups is 2. The molecule has 1 fully saturated rings. The summed E-state index contributed by atoms with van der Waals surface area (Å²) in [6.45, 7) is 3.27. The Morgan fingerprint density at radius 1 is 1.42 bits per heavy atom. The Bertz CT molecular complexity index is 768. The number of aromatic nitrogens is 2. The molecule has 1 aliphatic heterocycles. The maximum atomic E-state index is 12.5. The van der Waals surface area contributed by atoms with E-state index in [1.165, 1.54) is 13.3 Å². The molecule has 9 heteroatoms. The molecule has 0 spiro atoms. The molecule has 0 bridgehead atoms. The van der Waals surface area contributed by atoms with E-state index in [1.54, 1.807) is 13.8 Å². The van der Waals surface area contributed by atoms with E-state index >= 15 is 0 Å². The third kappa shape index (κ3) is 2.35. The van der Waals surface area contributed by atoms with Crippen LogP contribution >= 0.6 is 0 Å². The van der Waals surface area contributed by atoms with Gasteiger partial charge in [-0.3, -0.25) is 19.1 Å². The minimum absolute atomic E-state index is 0.0138. The first-order valence-corrected chi connectivity index (χ1v) is 7.59. The highest BCUT2D eigenvalue weighted by molar-refractivity contribution is 5.90. The SMILES string of the molecule is CCC1(C(=O)OC)C[C@@H](n2ccc(=O)[nH]c2=O)O[C@@]1(CC)C(=O)O. The van der Waals surface area contributed by atoms with Crippen LogP contribution in [0, 0.1) is 5.41 Å². The first-order chi connectivity index (χ1) is 11.3. The van der Waals surface area contributed by atoms with Crippen LogP contribution in [0.3, 0.4) is 0 Å². The average Bonchev–Trinajstić information content (AvgIpc) is 2.90. The molecule has 1 aromatic rings. The van der Waals surface area contributed by atoms with Crippen molar-refractivity contribution in [1.82, 2.24) is 9.55 Å². The molecule has 0 saturated carbocycles. The van der Waals surface area contributed by atoms with Gasteiger partial charge in [-0.15, -0.1) is 0 Å². The lowest BCUT2D eigenvalue weighted by atomic mass is 9.68. The van der Waals surface area contributed by atoms with Crippen LogP contribution in [0.2, 0.25) is 0 Å². The molecule has 0 amide bonds. The minimum Gasteiger partial charge on any atom is -0.479 e. The van der Waals surface area contributed by atoms with E-state index in [2.05, 4.69) is 4.98 Å². The van der Waals surface area contributed by atoms with Gasteiger partial charge in [-0.05, 0) is 12.8 Å². The Balaban J connectivity index is 2.62. The van der Waals surface area contributed by atoms with E-state index in [0.717, 1.165) is 10.6 Å². The predicted octanol–water partition coefficient (Wildman–Crippen LogP) is 0.258. The number of carboxylic acid groups (broad SMARTS) is 1. The summed E-state index contributed by atoms with van der Waals surface area (Å²) in [5.41, 5.74) is -4.58. The van der Waals surface area contributed by atoms with Crippen molar-refractivity contribution in [2.24, 2.45) is 5.41 Å². The molecule has 24 heavy (non-hydrogen) atoms. The summed E-state index contributed by atoms with van der Waals surface area (Å²) in [6, 6.07) is 1.13. The molecular formula is C15H20N2O7. The standard InChI is InChI=1S/C15H20N2O7/c1-4-14(12(21)23-3)8-10(24-15(14,5-2)11(19)20)17-7-6-9(18)16-13(17)22/h6-7,10H,4-5,8H2,1-3H3,(H,19,20)(H,16,18,22)/t10-,14?,15-/m0/s1. The molecule has 0 radical (unpaired) electrons. The largest absolute Gasteiger partial charge is 0.479 e. The number of aliphatic carboxylic acids is 1. The van der Waals surface area contributed by atoms with Crippen molar-refractivity contribution >= 4 is 11.9 Å². The highest BCUT2D eigenvalue weighted by atomic mass is 16.6. The Morgan fingerprint density at radius 2 is 2.08 bits per heavy atom. The third-order valence-electron chi connectivity index (χ3n) is 4.82. The van der Waals surface area contributed by atoms with E-state index in [0.29, 0.717) is 0 Å². The second-order valence-electron chi connectivity index (χ2n) is 5.71. The third-order valence-corrected chi connectivity index (χ3v) is 4.82. The molecule has 132 valence electrons. The molecule has 0 aliphatic carbocycles. The summed E-state index contributed by atoms with van der Waals surface area (Å²) in [6.07, 6.45) is 0.331. The number of H-pyrrole nitrogens is 1. The quantitative estimate of drug-likeness (QED) is 0.736. The zero-order valence-corrected chi connectivity index (χ0v) is 13.7. The molecule has 2 N–H and O–H groups in total. The normalized spacial score (nSPS) is 29.4. The molecule has 9 nitrogen and oxygen atoms in total. The molecule has 1 unspecified atom stereocenters. The van der Waals surface area contributed by atoms with Crippen molar-refractivity contribution in [3.63, 3.8) is 0 Å². The van der Waals surface area contributed by atoms with Gasteiger partial charge in [-0.25, -0.2) is 9.59 Å². The second-order valence-corrected chi connectivity index (χ2v) is 5.71. The van der Waals surface area contributed by atoms with Gasteiger partial charge in [-0.1, -0.05) is 13.8 Å². The van der Waals surface area contributed by atoms with Crippen LogP contribution in [0.25, 0.3) is 0 Å². The fourth-order valence-electron chi connectivity index (χ4n) is 3.50. The Labute approximate surface area is 137 Å². The zero-order valence-electron chi connectivity index (χ0n) is 13.7. The minimum atomic E-state index is -1.82. The molecule has 3 atom stereocenters. The number of ether oxygens (including phenoxy) is 2. The van der Waals surface area contributed by atoms with Crippen LogP contribution in [-0.4, -0.2) is 39.3 Å². The fourth-order valence-corrected chi connectivity index (χ4v) is 3.50. The van der Waals surface area contributed by atoms with Crippen LogP contribution < -0.4 is 11.2 Å². The van der Waals surface area contributed by atoms with E-state index < -0.39 is 40.4 Å². The first-order valence-electron chi connectivity index (χ1n) is 7.59. The Hall–Kier alpha value is -2.42. The van der Waals surface area contributed by atoms with E-state index in [1.807, 2.05) is 0 Å². The van der Waals surface area contributed by atoms with Gasteiger partial charge >= 0.3 is 17.6 Å². The van der Waals surface area contributed by atoms with Gasteiger partial charge in [0.05, 0.1) is 7.11 Å². The van der Waals surface area contributed by atoms with Gasteiger partial charge in [0.15, 0.2) is 5.60 Å². The molecule has 2 heterocycles. The highest BCUT2D eigenvalue weighted by Gasteiger charge is 2.67. The van der Waals surface area contributed by atoms with Crippen LogP contribution in [0.4, 0.5) is 0 Å². The van der Waals surface area contributed by atoms with Crippen molar-refractivity contribution < 1.29 is 24.2 Å². The topological polar surface area (TPSA) is 128 Å². The smallest absolute Gasteiger partial charge is 0.337 e. The van der Waals surface area contributed by atoms with Crippen molar-refractivity contribution in [2.75, 3.05) is 7.11 Å². The molecule has 1 saturated heterocycles. The number of nitrogens with one attached hydrogen (secondary N) is 1. The molecule has 0 aromatic carbocycles. The molecule has 2 rings (SSSR count). The number of rotatable bonds is 5. The number of hydrogen-bond acceptors (Lipinski definition) is 6. The van der Waals surface area contributed by atoms with E-state index in [-0.39, 0.29) is 19.3 Å². The molecule has 1 aromatic heterocycles. The van der Waals surface area contributed by atoms with Crippen molar-refractivity contribution in [2.45, 2.75) is 44.9 Å². The second kappa shape index (κ2) is 6.23. The van der Waals surface area contributed by atoms with Crippen LogP contribution in [0.5, 0.6) is 0 Å². The monoisotopic (exact) mass is 340 g/mol. The molecular weight excluding hydrogens is 320 g/mol. The summed E-state index contributed by atoms with van der Waals surface area (Å²) < 4.78 is 11.7. The zero-order chi connectivity index (χ0) is 18.1. The number of carboxylic acids is 1. The van der Waals surface area contributed by atoms with Gasteiger partial charge in [0.2, 0.25) is 0 Å². The maximum Gasteiger partial charge on any atom is 0.337 e. The number of nitrogens with zero attached hydrogens (tertiary/aromatic N) is 1. The van der Waals surface area contributed by atoms with Crippen molar-refractivity contribution in [3.05, 3.63) is 33.1 Å². The molecule has 1 aliphatic rings. The van der Waals surface area contributed by atoms with Gasteiger partial charge in [0.1, 0.15) is 11.6 Å². The van der Waals surface area contributed by atoms with Gasteiger partial charge in [-0.2, -0.15) is 0 Å². The van der Waals surface area contributed by atoms with Gasteiger partial charge < -0.3 is 14.6 Å². The highest BCUT2D eigenvalue weighted by Crippen LogP contribution is 2.54. The number of hydrogen-bond donors (Lipinski definition) is 2. The lowest BCUT2D eigenvalue weighted by Crippen LogP contribution is -2.55. The summed E-state index contributed by atoms with van der Waals surface area (Å²) >= 11 is 0. The Morgan fingerprint density at radius 3 is 2.54 bits per heavy atom. The summed E-state index contributed by atoms with van der Waals surface area (Å²) in [5.74, 6) is -1.99. The number of methoxy groups -OCH3 is 1. The fraction of sp³-hybridized carbons (Fsp3) is 0.600. The van der Waals surface area contributed by atoms with E-state index in [4.69, 9.17) is 9.47 Å². The number of aromatic amines is 1. The lowest BCUT2D eigenvalue weighted by molar-refractivity contribution is -0.191. The van der Waals surface area contributed by atoms with E-state index in [9.17, 15) is 24.3 Å². The summed E-state index contributed by atoms with van der Waals surface area (Å²) in [5, 5.41) is 9.78. The lowest BCUT2D eigenvalue weighted by Gasteiger charge is -2.37.